The Morgan fingerprint density at radius 3 is 2.73 bits per heavy atom. The largest absolute Gasteiger partial charge is 0.477 e. The van der Waals surface area contributed by atoms with E-state index in [1.807, 2.05) is 42.5 Å². The van der Waals surface area contributed by atoms with Crippen LogP contribution in [0, 0.1) is 3.57 Å². The summed E-state index contributed by atoms with van der Waals surface area (Å²) in [7, 11) is 0. The number of carboxylic acid groups (broad SMARTS) is 1. The predicted molar refractivity (Wildman–Crippen MR) is 156 cm³/mol. The molecule has 2 amide bonds. The van der Waals surface area contributed by atoms with Crippen molar-refractivity contribution in [2.24, 2.45) is 4.99 Å². The topological polar surface area (TPSA) is 111 Å². The molecule has 0 radical (unpaired) electrons. The first-order valence-corrected chi connectivity index (χ1v) is 15.5. The van der Waals surface area contributed by atoms with Gasteiger partial charge in [0.15, 0.2) is 5.17 Å². The highest BCUT2D eigenvalue weighted by Gasteiger charge is 2.54. The number of halogens is 1. The van der Waals surface area contributed by atoms with E-state index in [0.29, 0.717) is 10.7 Å². The number of hydrogen-bond donors (Lipinski definition) is 3. The number of β-lactam (4-membered cyclic amide) rings is 1. The number of hydrogen-bond acceptors (Lipinski definition) is 8. The molecule has 0 spiro atoms. The summed E-state index contributed by atoms with van der Waals surface area (Å²) >= 11 is 6.80. The first-order chi connectivity index (χ1) is 17.9. The molecular weight excluding hydrogens is 643 g/mol. The molecule has 0 aromatic heterocycles. The number of aliphatic imine (C=N–C) groups is 1. The van der Waals surface area contributed by atoms with Crippen LogP contribution in [-0.2, 0) is 26.6 Å². The van der Waals surface area contributed by atoms with Gasteiger partial charge in [-0.3, -0.25) is 19.5 Å². The first kappa shape index (κ1) is 26.4. The van der Waals surface area contributed by atoms with Gasteiger partial charge in [-0.05, 0) is 45.9 Å². The molecule has 3 N–H and O–H groups in total. The lowest BCUT2D eigenvalue weighted by Crippen LogP contribution is -2.70. The second-order valence-corrected chi connectivity index (χ2v) is 12.8. The molecule has 192 valence electrons. The zero-order chi connectivity index (χ0) is 25.9. The van der Waals surface area contributed by atoms with Crippen LogP contribution in [0.4, 0.5) is 0 Å². The van der Waals surface area contributed by atoms with Crippen molar-refractivity contribution in [1.29, 1.82) is 0 Å². The molecule has 3 heterocycles. The number of carbonyl (C=O) groups excluding carboxylic acids is 2. The molecule has 0 unspecified atom stereocenters. The van der Waals surface area contributed by atoms with E-state index in [1.165, 1.54) is 28.4 Å². The number of carboxylic acids is 1. The lowest BCUT2D eigenvalue weighted by atomic mass is 10.0. The summed E-state index contributed by atoms with van der Waals surface area (Å²) in [6.45, 7) is 1.70. The molecule has 1 fully saturated rings. The van der Waals surface area contributed by atoms with Gasteiger partial charge in [0.05, 0.1) is 13.0 Å². The van der Waals surface area contributed by atoms with Crippen LogP contribution in [-0.4, -0.2) is 63.2 Å². The normalized spacial score (nSPS) is 20.6. The van der Waals surface area contributed by atoms with Gasteiger partial charge in [0, 0.05) is 31.4 Å². The van der Waals surface area contributed by atoms with Crippen LogP contribution in [0.15, 0.2) is 69.0 Å². The monoisotopic (exact) mass is 666 g/mol. The summed E-state index contributed by atoms with van der Waals surface area (Å²) in [5.74, 6) is -0.532. The average Bonchev–Trinajstić information content (AvgIpc) is 3.41. The Balaban J connectivity index is 1.25. The number of nitrogens with zero attached hydrogens (tertiary/aromatic N) is 2. The van der Waals surface area contributed by atoms with Crippen molar-refractivity contribution in [2.45, 2.75) is 28.5 Å². The number of nitrogens with one attached hydrogen (secondary N) is 2. The van der Waals surface area contributed by atoms with E-state index in [1.54, 1.807) is 11.8 Å². The smallest absolute Gasteiger partial charge is 0.353 e. The second kappa shape index (κ2) is 11.7. The summed E-state index contributed by atoms with van der Waals surface area (Å²) in [4.78, 5) is 45.0. The number of rotatable bonds is 8. The van der Waals surface area contributed by atoms with E-state index in [-0.39, 0.29) is 23.9 Å². The highest BCUT2D eigenvalue weighted by molar-refractivity contribution is 14.1. The SMILES string of the molecule is O=C(Cc1ccccc1)N[C@@H]1C(=O)N2C(C(=O)O)=C(Sc3ccc(CSC4=NCCN4)cc3I)CS[C@@H]12. The van der Waals surface area contributed by atoms with Gasteiger partial charge in [-0.25, -0.2) is 4.79 Å². The Hall–Kier alpha value is -2.16. The van der Waals surface area contributed by atoms with Gasteiger partial charge in [0.25, 0.3) is 5.91 Å². The third-order valence-corrected chi connectivity index (χ3v) is 10.8. The van der Waals surface area contributed by atoms with Crippen LogP contribution in [0.3, 0.4) is 0 Å². The van der Waals surface area contributed by atoms with Crippen LogP contribution in [0.1, 0.15) is 11.1 Å². The second-order valence-electron chi connectivity index (χ2n) is 8.46. The molecule has 3 aliphatic heterocycles. The quantitative estimate of drug-likeness (QED) is 0.290. The maximum absolute atomic E-state index is 13.0. The van der Waals surface area contributed by atoms with Crippen molar-refractivity contribution in [2.75, 3.05) is 18.8 Å². The highest BCUT2D eigenvalue weighted by atomic mass is 127. The van der Waals surface area contributed by atoms with Crippen molar-refractivity contribution in [1.82, 2.24) is 15.5 Å². The fraction of sp³-hybridized carbons (Fsp3) is 0.280. The number of amidine groups is 1. The van der Waals surface area contributed by atoms with Crippen LogP contribution in [0.2, 0.25) is 0 Å². The number of fused-ring (bicyclic) bond motifs is 1. The molecule has 37 heavy (non-hydrogen) atoms. The zero-order valence-corrected chi connectivity index (χ0v) is 24.1. The third-order valence-electron chi connectivity index (χ3n) is 5.91. The lowest BCUT2D eigenvalue weighted by molar-refractivity contribution is -0.150. The van der Waals surface area contributed by atoms with Crippen molar-refractivity contribution in [3.05, 3.63) is 73.8 Å². The van der Waals surface area contributed by atoms with Crippen LogP contribution in [0.25, 0.3) is 0 Å². The number of thioether (sulfide) groups is 3. The highest BCUT2D eigenvalue weighted by Crippen LogP contribution is 2.46. The molecule has 0 bridgehead atoms. The maximum Gasteiger partial charge on any atom is 0.353 e. The minimum atomic E-state index is -1.14. The van der Waals surface area contributed by atoms with Crippen molar-refractivity contribution in [3.8, 4) is 0 Å². The van der Waals surface area contributed by atoms with Gasteiger partial charge in [0.1, 0.15) is 17.1 Å². The molecule has 1 saturated heterocycles. The summed E-state index contributed by atoms with van der Waals surface area (Å²) in [6, 6.07) is 14.7. The molecule has 0 saturated carbocycles. The Morgan fingerprint density at radius 2 is 2.03 bits per heavy atom. The average molecular weight is 667 g/mol. The Labute approximate surface area is 240 Å². The van der Waals surface area contributed by atoms with E-state index < -0.39 is 17.4 Å². The van der Waals surface area contributed by atoms with Gasteiger partial charge in [-0.1, -0.05) is 59.9 Å². The van der Waals surface area contributed by atoms with E-state index >= 15 is 0 Å². The third kappa shape index (κ3) is 5.96. The molecule has 3 aliphatic rings. The molecule has 2 atom stereocenters. The van der Waals surface area contributed by atoms with Crippen molar-refractivity contribution in [3.63, 3.8) is 0 Å². The first-order valence-electron chi connectivity index (χ1n) is 11.5. The zero-order valence-electron chi connectivity index (χ0n) is 19.5. The van der Waals surface area contributed by atoms with E-state index in [4.69, 9.17) is 0 Å². The van der Waals surface area contributed by atoms with Gasteiger partial charge in [-0.15, -0.1) is 11.8 Å². The minimum Gasteiger partial charge on any atom is -0.477 e. The summed E-state index contributed by atoms with van der Waals surface area (Å²) in [6.07, 6.45) is 0.169. The van der Waals surface area contributed by atoms with Gasteiger partial charge in [0.2, 0.25) is 5.91 Å². The number of carbonyl (C=O) groups is 3. The standard InChI is InChI=1S/C25H23IN4O4S3/c26-16-10-15(12-36-25-27-8-9-28-25)6-7-17(16)37-18-13-35-23-20(22(32)30(23)21(18)24(33)34)29-19(31)11-14-4-2-1-3-5-14/h1-7,10,20,23H,8-9,11-13H2,(H,27,28)(H,29,31)(H,33,34)/t20-,23+/m1/s1. The van der Waals surface area contributed by atoms with Crippen LogP contribution in [0.5, 0.6) is 0 Å². The van der Waals surface area contributed by atoms with E-state index in [2.05, 4.69) is 44.3 Å². The van der Waals surface area contributed by atoms with Crippen molar-refractivity contribution >= 4 is 80.8 Å². The van der Waals surface area contributed by atoms with Gasteiger partial charge < -0.3 is 15.7 Å². The van der Waals surface area contributed by atoms with Crippen molar-refractivity contribution < 1.29 is 19.5 Å². The predicted octanol–water partition coefficient (Wildman–Crippen LogP) is 3.51. The van der Waals surface area contributed by atoms with Crippen LogP contribution >= 0.6 is 57.9 Å². The molecular formula is C25H23IN4O4S3. The van der Waals surface area contributed by atoms with E-state index in [9.17, 15) is 19.5 Å². The van der Waals surface area contributed by atoms with E-state index in [0.717, 1.165) is 43.6 Å². The molecule has 8 nitrogen and oxygen atoms in total. The number of aliphatic carboxylic acids is 1. The molecule has 12 heteroatoms. The fourth-order valence-electron chi connectivity index (χ4n) is 4.15. The number of amides is 2. The molecule has 2 aromatic carbocycles. The molecule has 5 rings (SSSR count). The Bertz CT molecular complexity index is 1300. The molecule has 2 aromatic rings. The minimum absolute atomic E-state index is 0.00746. The summed E-state index contributed by atoms with van der Waals surface area (Å²) in [5.41, 5.74) is 2.02. The fourth-order valence-corrected chi connectivity index (χ4v) is 8.40. The van der Waals surface area contributed by atoms with Gasteiger partial charge >= 0.3 is 5.97 Å². The summed E-state index contributed by atoms with van der Waals surface area (Å²) in [5, 5.41) is 16.6. The summed E-state index contributed by atoms with van der Waals surface area (Å²) < 4.78 is 1.02. The Morgan fingerprint density at radius 1 is 1.22 bits per heavy atom. The Kier molecular flexibility index (Phi) is 8.37. The van der Waals surface area contributed by atoms with Crippen LogP contribution < -0.4 is 10.6 Å². The lowest BCUT2D eigenvalue weighted by Gasteiger charge is -2.49. The molecule has 0 aliphatic carbocycles. The number of benzene rings is 2. The van der Waals surface area contributed by atoms with Gasteiger partial charge in [-0.2, -0.15) is 0 Å². The maximum atomic E-state index is 13.0.